The zero-order chi connectivity index (χ0) is 13.1. The molecular formula is C10H8F2N4O2. The number of hydrogen-bond acceptors (Lipinski definition) is 5. The van der Waals surface area contributed by atoms with Crippen molar-refractivity contribution in [1.82, 2.24) is 20.4 Å². The molecule has 1 N–H and O–H groups in total. The van der Waals surface area contributed by atoms with E-state index < -0.39 is 23.2 Å². The Balaban J connectivity index is 2.06. The van der Waals surface area contributed by atoms with Crippen LogP contribution in [0.5, 0.6) is 0 Å². The maximum Gasteiger partial charge on any atom is 0.254 e. The molecule has 2 heterocycles. The summed E-state index contributed by atoms with van der Waals surface area (Å²) in [5.74, 6) is -2.80. The minimum absolute atomic E-state index is 0.0421. The Morgan fingerprint density at radius 2 is 2.28 bits per heavy atom. The predicted octanol–water partition coefficient (Wildman–Crippen LogP) is 0.981. The van der Waals surface area contributed by atoms with Crippen LogP contribution in [0.25, 0.3) is 0 Å². The number of aromatic nitrogens is 3. The van der Waals surface area contributed by atoms with Crippen LogP contribution in [0, 0.1) is 18.7 Å². The minimum atomic E-state index is -1.32. The maximum atomic E-state index is 13.2. The summed E-state index contributed by atoms with van der Waals surface area (Å²) in [4.78, 5) is 18.5. The van der Waals surface area contributed by atoms with E-state index in [4.69, 9.17) is 0 Å². The molecule has 0 atom stereocenters. The van der Waals surface area contributed by atoms with Crippen LogP contribution in [0.1, 0.15) is 22.1 Å². The lowest BCUT2D eigenvalue weighted by Gasteiger charge is -2.03. The van der Waals surface area contributed by atoms with Crippen molar-refractivity contribution in [2.24, 2.45) is 0 Å². The quantitative estimate of drug-likeness (QED) is 0.826. The summed E-state index contributed by atoms with van der Waals surface area (Å²) in [5, 5.41) is 5.88. The number of rotatable bonds is 3. The first-order valence-corrected chi connectivity index (χ1v) is 4.95. The van der Waals surface area contributed by atoms with E-state index in [1.807, 2.05) is 0 Å². The van der Waals surface area contributed by atoms with E-state index in [1.54, 1.807) is 6.92 Å². The molecule has 0 aromatic carbocycles. The summed E-state index contributed by atoms with van der Waals surface area (Å²) in [7, 11) is 0. The zero-order valence-corrected chi connectivity index (χ0v) is 9.28. The largest absolute Gasteiger partial charge is 0.345 e. The van der Waals surface area contributed by atoms with E-state index in [1.165, 1.54) is 0 Å². The van der Waals surface area contributed by atoms with Crippen LogP contribution in [0.4, 0.5) is 8.78 Å². The molecule has 2 rings (SSSR count). The summed E-state index contributed by atoms with van der Waals surface area (Å²) < 4.78 is 30.7. The van der Waals surface area contributed by atoms with E-state index in [-0.39, 0.29) is 12.4 Å². The van der Waals surface area contributed by atoms with Crippen molar-refractivity contribution < 1.29 is 18.1 Å². The SMILES string of the molecule is Cc1nc(CNC(=O)c2ccnc(F)c2F)no1. The number of aryl methyl sites for hydroxylation is 1. The first-order valence-electron chi connectivity index (χ1n) is 4.95. The molecule has 8 heteroatoms. The van der Waals surface area contributed by atoms with Gasteiger partial charge in [0, 0.05) is 13.1 Å². The van der Waals surface area contributed by atoms with Gasteiger partial charge in [-0.05, 0) is 6.07 Å². The summed E-state index contributed by atoms with van der Waals surface area (Å²) in [6.07, 6.45) is 1.01. The van der Waals surface area contributed by atoms with Gasteiger partial charge in [-0.25, -0.2) is 9.37 Å². The summed E-state index contributed by atoms with van der Waals surface area (Å²) in [6.45, 7) is 1.55. The van der Waals surface area contributed by atoms with Crippen LogP contribution in [-0.4, -0.2) is 21.0 Å². The molecule has 2 aromatic rings. The Morgan fingerprint density at radius 3 is 2.94 bits per heavy atom. The third kappa shape index (κ3) is 2.47. The highest BCUT2D eigenvalue weighted by Gasteiger charge is 2.16. The monoisotopic (exact) mass is 254 g/mol. The van der Waals surface area contributed by atoms with Gasteiger partial charge in [0.05, 0.1) is 12.1 Å². The van der Waals surface area contributed by atoms with Crippen molar-refractivity contribution in [3.8, 4) is 0 Å². The van der Waals surface area contributed by atoms with Crippen molar-refractivity contribution in [3.63, 3.8) is 0 Å². The number of nitrogens with one attached hydrogen (secondary N) is 1. The van der Waals surface area contributed by atoms with Crippen molar-refractivity contribution in [3.05, 3.63) is 41.3 Å². The molecule has 94 valence electrons. The second kappa shape index (κ2) is 4.86. The highest BCUT2D eigenvalue weighted by molar-refractivity contribution is 5.94. The van der Waals surface area contributed by atoms with Crippen molar-refractivity contribution in [2.75, 3.05) is 0 Å². The van der Waals surface area contributed by atoms with Crippen LogP contribution in [0.3, 0.4) is 0 Å². The van der Waals surface area contributed by atoms with Gasteiger partial charge in [-0.2, -0.15) is 9.37 Å². The lowest BCUT2D eigenvalue weighted by molar-refractivity contribution is 0.0944. The molecule has 0 fully saturated rings. The Hall–Kier alpha value is -2.38. The van der Waals surface area contributed by atoms with Crippen LogP contribution in [0.2, 0.25) is 0 Å². The summed E-state index contributed by atoms with van der Waals surface area (Å²) in [5.41, 5.74) is -0.428. The molecule has 0 radical (unpaired) electrons. The zero-order valence-electron chi connectivity index (χ0n) is 9.28. The number of amides is 1. The number of carbonyl (C=O) groups excluding carboxylic acids is 1. The third-order valence-corrected chi connectivity index (χ3v) is 2.07. The molecule has 0 unspecified atom stereocenters. The highest BCUT2D eigenvalue weighted by atomic mass is 19.2. The molecule has 0 spiro atoms. The van der Waals surface area contributed by atoms with Gasteiger partial charge in [-0.1, -0.05) is 5.16 Å². The third-order valence-electron chi connectivity index (χ3n) is 2.07. The normalized spacial score (nSPS) is 10.4. The Labute approximate surface area is 100 Å². The minimum Gasteiger partial charge on any atom is -0.345 e. The van der Waals surface area contributed by atoms with Crippen molar-refractivity contribution in [1.29, 1.82) is 0 Å². The van der Waals surface area contributed by atoms with E-state index in [0.29, 0.717) is 5.89 Å². The molecule has 2 aromatic heterocycles. The van der Waals surface area contributed by atoms with Crippen LogP contribution in [0.15, 0.2) is 16.8 Å². The number of halogens is 2. The second-order valence-corrected chi connectivity index (χ2v) is 3.38. The second-order valence-electron chi connectivity index (χ2n) is 3.38. The fraction of sp³-hybridized carbons (Fsp3) is 0.200. The van der Waals surface area contributed by atoms with Crippen LogP contribution < -0.4 is 5.32 Å². The standard InChI is InChI=1S/C10H8F2N4O2/c1-5-15-7(16-18-5)4-14-10(17)6-2-3-13-9(12)8(6)11/h2-3H,4H2,1H3,(H,14,17). The molecule has 0 aliphatic carbocycles. The fourth-order valence-electron chi connectivity index (χ4n) is 1.26. The Bertz CT molecular complexity index is 585. The van der Waals surface area contributed by atoms with E-state index in [2.05, 4.69) is 25.0 Å². The molecule has 6 nitrogen and oxygen atoms in total. The first-order chi connectivity index (χ1) is 8.58. The van der Waals surface area contributed by atoms with Crippen LogP contribution >= 0.6 is 0 Å². The van der Waals surface area contributed by atoms with E-state index in [9.17, 15) is 13.6 Å². The molecule has 0 saturated carbocycles. The molecule has 0 saturated heterocycles. The van der Waals surface area contributed by atoms with Gasteiger partial charge in [0.25, 0.3) is 5.91 Å². The summed E-state index contributed by atoms with van der Waals surface area (Å²) >= 11 is 0. The lowest BCUT2D eigenvalue weighted by atomic mass is 10.2. The fourth-order valence-corrected chi connectivity index (χ4v) is 1.26. The molecule has 18 heavy (non-hydrogen) atoms. The smallest absolute Gasteiger partial charge is 0.254 e. The van der Waals surface area contributed by atoms with Crippen molar-refractivity contribution in [2.45, 2.75) is 13.5 Å². The maximum absolute atomic E-state index is 13.2. The molecule has 1 amide bonds. The molecule has 0 aliphatic heterocycles. The first kappa shape index (κ1) is 12.1. The summed E-state index contributed by atoms with van der Waals surface area (Å²) in [6, 6.07) is 1.08. The molecule has 0 aliphatic rings. The number of nitrogens with zero attached hydrogens (tertiary/aromatic N) is 3. The Kier molecular flexibility index (Phi) is 3.26. The van der Waals surface area contributed by atoms with Gasteiger partial charge in [-0.15, -0.1) is 0 Å². The number of hydrogen-bond donors (Lipinski definition) is 1. The van der Waals surface area contributed by atoms with Gasteiger partial charge in [0.15, 0.2) is 11.6 Å². The predicted molar refractivity (Wildman–Crippen MR) is 54.4 cm³/mol. The average molecular weight is 254 g/mol. The molecular weight excluding hydrogens is 246 g/mol. The number of pyridine rings is 1. The van der Waals surface area contributed by atoms with Gasteiger partial charge in [0.2, 0.25) is 11.8 Å². The lowest BCUT2D eigenvalue weighted by Crippen LogP contribution is -2.25. The van der Waals surface area contributed by atoms with Crippen LogP contribution in [-0.2, 0) is 6.54 Å². The van der Waals surface area contributed by atoms with Gasteiger partial charge in [0.1, 0.15) is 0 Å². The Morgan fingerprint density at radius 1 is 1.50 bits per heavy atom. The van der Waals surface area contributed by atoms with Gasteiger partial charge < -0.3 is 9.84 Å². The van der Waals surface area contributed by atoms with E-state index >= 15 is 0 Å². The average Bonchev–Trinajstić information content (AvgIpc) is 2.76. The number of carbonyl (C=O) groups is 1. The molecule has 0 bridgehead atoms. The van der Waals surface area contributed by atoms with E-state index in [0.717, 1.165) is 12.3 Å². The van der Waals surface area contributed by atoms with Crippen molar-refractivity contribution >= 4 is 5.91 Å². The topological polar surface area (TPSA) is 80.9 Å². The van der Waals surface area contributed by atoms with Gasteiger partial charge >= 0.3 is 0 Å². The van der Waals surface area contributed by atoms with Gasteiger partial charge in [-0.3, -0.25) is 4.79 Å². The highest BCUT2D eigenvalue weighted by Crippen LogP contribution is 2.08.